The van der Waals surface area contributed by atoms with Crippen LogP contribution in [0.1, 0.15) is 23.1 Å². The van der Waals surface area contributed by atoms with Crippen LogP contribution < -0.4 is 9.47 Å². The first-order valence-electron chi connectivity index (χ1n) is 9.97. The van der Waals surface area contributed by atoms with Crippen LogP contribution in [0.25, 0.3) is 0 Å². The highest BCUT2D eigenvalue weighted by Crippen LogP contribution is 2.27. The highest BCUT2D eigenvalue weighted by atomic mass is 16.5. The molecule has 1 unspecified atom stereocenters. The van der Waals surface area contributed by atoms with Gasteiger partial charge in [-0.05, 0) is 42.7 Å². The van der Waals surface area contributed by atoms with Crippen molar-refractivity contribution in [2.75, 3.05) is 40.5 Å². The summed E-state index contributed by atoms with van der Waals surface area (Å²) in [5.41, 5.74) is 3.83. The van der Waals surface area contributed by atoms with Gasteiger partial charge in [-0.3, -0.25) is 9.80 Å². The molecule has 1 heterocycles. The van der Waals surface area contributed by atoms with E-state index in [1.165, 1.54) is 11.1 Å². The number of ether oxygens (including phenoxy) is 2. The number of methoxy groups -OCH3 is 2. The van der Waals surface area contributed by atoms with Gasteiger partial charge in [-0.1, -0.05) is 24.3 Å². The van der Waals surface area contributed by atoms with Crippen molar-refractivity contribution in [2.45, 2.75) is 32.5 Å². The van der Waals surface area contributed by atoms with Gasteiger partial charge in [0.05, 0.1) is 14.2 Å². The van der Waals surface area contributed by atoms with Crippen molar-refractivity contribution >= 4 is 0 Å². The molecule has 152 valence electrons. The van der Waals surface area contributed by atoms with Gasteiger partial charge in [-0.2, -0.15) is 0 Å². The van der Waals surface area contributed by atoms with E-state index in [-0.39, 0.29) is 6.61 Å². The molecule has 1 fully saturated rings. The number of aliphatic hydroxyl groups is 1. The zero-order valence-electron chi connectivity index (χ0n) is 17.2. The lowest BCUT2D eigenvalue weighted by Gasteiger charge is -2.41. The van der Waals surface area contributed by atoms with Crippen molar-refractivity contribution in [3.8, 4) is 11.5 Å². The summed E-state index contributed by atoms with van der Waals surface area (Å²) in [4.78, 5) is 4.96. The molecule has 0 aromatic heterocycles. The summed E-state index contributed by atoms with van der Waals surface area (Å²) >= 11 is 0. The molecule has 0 amide bonds. The lowest BCUT2D eigenvalue weighted by Crippen LogP contribution is -2.52. The molecule has 1 aliphatic heterocycles. The van der Waals surface area contributed by atoms with Crippen LogP contribution in [0.3, 0.4) is 0 Å². The van der Waals surface area contributed by atoms with E-state index in [4.69, 9.17) is 9.47 Å². The number of aliphatic hydroxyl groups excluding tert-OH is 1. The molecule has 5 nitrogen and oxygen atoms in total. The molecule has 3 rings (SSSR count). The smallest absolute Gasteiger partial charge is 0.123 e. The van der Waals surface area contributed by atoms with E-state index in [9.17, 15) is 5.11 Å². The predicted octanol–water partition coefficient (Wildman–Crippen LogP) is 3.08. The molecule has 5 heteroatoms. The lowest BCUT2D eigenvalue weighted by atomic mass is 10.0. The maximum absolute atomic E-state index is 9.60. The number of piperazine rings is 1. The Morgan fingerprint density at radius 1 is 1.00 bits per heavy atom. The molecule has 0 radical (unpaired) electrons. The Kier molecular flexibility index (Phi) is 7.31. The third kappa shape index (κ3) is 5.04. The second kappa shape index (κ2) is 9.92. The minimum atomic E-state index is 0.214. The molecular formula is C23H32N2O3. The first-order valence-corrected chi connectivity index (χ1v) is 9.97. The minimum Gasteiger partial charge on any atom is -0.497 e. The van der Waals surface area contributed by atoms with E-state index in [1.807, 2.05) is 12.1 Å². The van der Waals surface area contributed by atoms with Gasteiger partial charge in [0.25, 0.3) is 0 Å². The van der Waals surface area contributed by atoms with E-state index >= 15 is 0 Å². The van der Waals surface area contributed by atoms with Gasteiger partial charge in [0.1, 0.15) is 11.5 Å². The maximum atomic E-state index is 9.60. The van der Waals surface area contributed by atoms with Crippen molar-refractivity contribution in [1.82, 2.24) is 9.80 Å². The summed E-state index contributed by atoms with van der Waals surface area (Å²) in [6.07, 6.45) is 0.789. The van der Waals surface area contributed by atoms with Crippen LogP contribution in [0, 0.1) is 6.92 Å². The van der Waals surface area contributed by atoms with E-state index in [0.717, 1.165) is 56.2 Å². The highest BCUT2D eigenvalue weighted by Gasteiger charge is 2.27. The van der Waals surface area contributed by atoms with E-state index < -0.39 is 0 Å². The largest absolute Gasteiger partial charge is 0.497 e. The Balaban J connectivity index is 1.69. The van der Waals surface area contributed by atoms with Crippen molar-refractivity contribution < 1.29 is 14.6 Å². The molecule has 1 saturated heterocycles. The number of rotatable bonds is 8. The minimum absolute atomic E-state index is 0.214. The molecule has 0 aliphatic carbocycles. The molecular weight excluding hydrogens is 352 g/mol. The van der Waals surface area contributed by atoms with Crippen molar-refractivity contribution in [1.29, 1.82) is 0 Å². The van der Waals surface area contributed by atoms with Crippen molar-refractivity contribution in [3.05, 3.63) is 59.2 Å². The van der Waals surface area contributed by atoms with Crippen LogP contribution in [0.15, 0.2) is 42.5 Å². The zero-order valence-corrected chi connectivity index (χ0v) is 17.2. The fraction of sp³-hybridized carbons (Fsp3) is 0.478. The van der Waals surface area contributed by atoms with Gasteiger partial charge < -0.3 is 14.6 Å². The summed E-state index contributed by atoms with van der Waals surface area (Å²) in [7, 11) is 3.40. The van der Waals surface area contributed by atoms with Gasteiger partial charge >= 0.3 is 0 Å². The van der Waals surface area contributed by atoms with Gasteiger partial charge in [0.2, 0.25) is 0 Å². The number of hydrogen-bond donors (Lipinski definition) is 1. The first-order chi connectivity index (χ1) is 13.6. The number of benzene rings is 2. The lowest BCUT2D eigenvalue weighted by molar-refractivity contribution is 0.0495. The van der Waals surface area contributed by atoms with Gasteiger partial charge in [-0.15, -0.1) is 0 Å². The third-order valence-corrected chi connectivity index (χ3v) is 5.67. The SMILES string of the molecule is COc1ccc(OC)c(CN2CCN(Cc3ccccc3C)C(CCO)C2)c1. The maximum Gasteiger partial charge on any atom is 0.123 e. The fourth-order valence-corrected chi connectivity index (χ4v) is 3.98. The molecule has 0 saturated carbocycles. The molecule has 1 aliphatic rings. The number of nitrogens with zero attached hydrogens (tertiary/aromatic N) is 2. The Morgan fingerprint density at radius 2 is 1.82 bits per heavy atom. The normalized spacial score (nSPS) is 18.2. The number of hydrogen-bond acceptors (Lipinski definition) is 5. The molecule has 28 heavy (non-hydrogen) atoms. The molecule has 1 N–H and O–H groups in total. The monoisotopic (exact) mass is 384 g/mol. The van der Waals surface area contributed by atoms with E-state index in [0.29, 0.717) is 6.04 Å². The quantitative estimate of drug-likeness (QED) is 0.758. The van der Waals surface area contributed by atoms with Crippen LogP contribution in [-0.2, 0) is 13.1 Å². The summed E-state index contributed by atoms with van der Waals surface area (Å²) < 4.78 is 10.9. The zero-order chi connectivity index (χ0) is 19.9. The van der Waals surface area contributed by atoms with Crippen LogP contribution in [0.4, 0.5) is 0 Å². The Morgan fingerprint density at radius 3 is 2.54 bits per heavy atom. The third-order valence-electron chi connectivity index (χ3n) is 5.67. The molecule has 2 aromatic rings. The standard InChI is InChI=1S/C23H32N2O3/c1-18-6-4-5-7-19(18)16-25-12-11-24(17-21(25)10-13-26)15-20-14-22(27-2)8-9-23(20)28-3/h4-9,14,21,26H,10-13,15-17H2,1-3H3. The average molecular weight is 385 g/mol. The first kappa shape index (κ1) is 20.6. The summed E-state index contributed by atoms with van der Waals surface area (Å²) in [5.74, 6) is 1.74. The summed E-state index contributed by atoms with van der Waals surface area (Å²) in [5, 5.41) is 9.60. The van der Waals surface area contributed by atoms with E-state index in [1.54, 1.807) is 14.2 Å². The average Bonchev–Trinajstić information content (AvgIpc) is 2.71. The second-order valence-corrected chi connectivity index (χ2v) is 7.48. The predicted molar refractivity (Wildman–Crippen MR) is 112 cm³/mol. The topological polar surface area (TPSA) is 45.2 Å². The van der Waals surface area contributed by atoms with Crippen LogP contribution in [-0.4, -0.2) is 61.4 Å². The Bertz CT molecular complexity index is 765. The van der Waals surface area contributed by atoms with Crippen LogP contribution in [0.5, 0.6) is 11.5 Å². The van der Waals surface area contributed by atoms with Gasteiger partial charge in [0.15, 0.2) is 0 Å². The summed E-state index contributed by atoms with van der Waals surface area (Å²) in [6, 6.07) is 14.9. The van der Waals surface area contributed by atoms with Crippen LogP contribution >= 0.6 is 0 Å². The molecule has 1 atom stereocenters. The summed E-state index contributed by atoms with van der Waals surface area (Å²) in [6.45, 7) is 7.06. The Labute approximate surface area is 168 Å². The molecule has 0 spiro atoms. The highest BCUT2D eigenvalue weighted by molar-refractivity contribution is 5.40. The van der Waals surface area contributed by atoms with Crippen molar-refractivity contribution in [3.63, 3.8) is 0 Å². The number of aryl methyl sites for hydroxylation is 1. The Hall–Kier alpha value is -2.08. The van der Waals surface area contributed by atoms with Crippen LogP contribution in [0.2, 0.25) is 0 Å². The molecule has 2 aromatic carbocycles. The van der Waals surface area contributed by atoms with Crippen molar-refractivity contribution in [2.24, 2.45) is 0 Å². The second-order valence-electron chi connectivity index (χ2n) is 7.48. The molecule has 0 bridgehead atoms. The van der Waals surface area contributed by atoms with E-state index in [2.05, 4.69) is 47.1 Å². The fourth-order valence-electron chi connectivity index (χ4n) is 3.98. The van der Waals surface area contributed by atoms with Gasteiger partial charge in [0, 0.05) is 50.9 Å². The van der Waals surface area contributed by atoms with Gasteiger partial charge in [-0.25, -0.2) is 0 Å².